The van der Waals surface area contributed by atoms with Crippen LogP contribution < -0.4 is 25.8 Å². The normalized spacial score (nSPS) is 11.7. The molecule has 8 heteroatoms. The Morgan fingerprint density at radius 2 is 1.93 bits per heavy atom. The van der Waals surface area contributed by atoms with Gasteiger partial charge in [-0.2, -0.15) is 0 Å². The zero-order chi connectivity index (χ0) is 21.4. The highest BCUT2D eigenvalue weighted by Gasteiger charge is 2.11. The van der Waals surface area contributed by atoms with E-state index < -0.39 is 6.03 Å². The number of amides is 3. The van der Waals surface area contributed by atoms with Crippen molar-refractivity contribution >= 4 is 35.3 Å². The van der Waals surface area contributed by atoms with Crippen LogP contribution in [0.3, 0.4) is 0 Å². The van der Waals surface area contributed by atoms with Crippen molar-refractivity contribution in [2.45, 2.75) is 19.9 Å². The maximum atomic E-state index is 12.3. The van der Waals surface area contributed by atoms with E-state index in [1.165, 1.54) is 13.2 Å². The number of urea groups is 1. The van der Waals surface area contributed by atoms with Gasteiger partial charge in [-0.05, 0) is 55.3 Å². The number of anilines is 1. The number of hydrogen-bond donors (Lipinski definition) is 3. The molecule has 0 saturated carbocycles. The average Bonchev–Trinajstić information content (AvgIpc) is 2.66. The summed E-state index contributed by atoms with van der Waals surface area (Å²) in [6.45, 7) is 4.19. The lowest BCUT2D eigenvalue weighted by atomic mass is 10.1. The van der Waals surface area contributed by atoms with Gasteiger partial charge in [0.2, 0.25) is 5.91 Å². The minimum atomic E-state index is -0.629. The standard InChI is InChI=1S/C21H24ClN3O4/c1-4-29-18-12-14(11-17(22)20(18)28-3)5-10-19(26)24-13(2)15-6-8-16(9-7-15)25-21(23)27/h5-13H,4H2,1-3H3,(H,24,26)(H3,23,25,27). The number of methoxy groups -OCH3 is 1. The highest BCUT2D eigenvalue weighted by atomic mass is 35.5. The van der Waals surface area contributed by atoms with E-state index in [1.807, 2.05) is 13.8 Å². The number of nitrogens with two attached hydrogens (primary N) is 1. The fourth-order valence-corrected chi connectivity index (χ4v) is 2.96. The van der Waals surface area contributed by atoms with Crippen molar-refractivity contribution < 1.29 is 19.1 Å². The van der Waals surface area contributed by atoms with Gasteiger partial charge in [0.05, 0.1) is 24.8 Å². The van der Waals surface area contributed by atoms with Gasteiger partial charge in [-0.15, -0.1) is 0 Å². The van der Waals surface area contributed by atoms with Crippen molar-refractivity contribution in [3.05, 3.63) is 58.6 Å². The second kappa shape index (κ2) is 10.4. The van der Waals surface area contributed by atoms with Gasteiger partial charge in [0.25, 0.3) is 0 Å². The molecule has 0 spiro atoms. The lowest BCUT2D eigenvalue weighted by Crippen LogP contribution is -2.24. The highest BCUT2D eigenvalue weighted by Crippen LogP contribution is 2.36. The molecule has 0 aliphatic heterocycles. The molecular formula is C21H24ClN3O4. The van der Waals surface area contributed by atoms with Crippen molar-refractivity contribution in [1.82, 2.24) is 5.32 Å². The molecule has 0 aliphatic carbocycles. The fourth-order valence-electron chi connectivity index (χ4n) is 2.66. The van der Waals surface area contributed by atoms with Crippen LogP contribution in [0, 0.1) is 0 Å². The third-order valence-electron chi connectivity index (χ3n) is 4.00. The van der Waals surface area contributed by atoms with Gasteiger partial charge in [0.1, 0.15) is 0 Å². The van der Waals surface area contributed by atoms with Gasteiger partial charge in [-0.3, -0.25) is 4.79 Å². The predicted molar refractivity (Wildman–Crippen MR) is 114 cm³/mol. The number of ether oxygens (including phenoxy) is 2. The number of nitrogens with one attached hydrogen (secondary N) is 2. The molecule has 0 saturated heterocycles. The molecule has 2 rings (SSSR count). The van der Waals surface area contributed by atoms with E-state index in [0.717, 1.165) is 5.56 Å². The minimum absolute atomic E-state index is 0.229. The predicted octanol–water partition coefficient (Wildman–Crippen LogP) is 4.13. The van der Waals surface area contributed by atoms with Gasteiger partial charge in [-0.25, -0.2) is 4.79 Å². The van der Waals surface area contributed by atoms with Gasteiger partial charge in [0, 0.05) is 11.8 Å². The first-order chi connectivity index (χ1) is 13.8. The Hall–Kier alpha value is -3.19. The van der Waals surface area contributed by atoms with Crippen molar-refractivity contribution in [2.24, 2.45) is 5.73 Å². The molecule has 1 unspecified atom stereocenters. The van der Waals surface area contributed by atoms with Gasteiger partial charge >= 0.3 is 6.03 Å². The van der Waals surface area contributed by atoms with Gasteiger partial charge < -0.3 is 25.8 Å². The minimum Gasteiger partial charge on any atom is -0.491 e. The summed E-state index contributed by atoms with van der Waals surface area (Å²) in [5, 5.41) is 5.76. The van der Waals surface area contributed by atoms with Gasteiger partial charge in [-0.1, -0.05) is 23.7 Å². The molecule has 2 aromatic rings. The van der Waals surface area contributed by atoms with Crippen molar-refractivity contribution in [1.29, 1.82) is 0 Å². The first kappa shape index (κ1) is 22.1. The molecule has 0 aliphatic rings. The molecular weight excluding hydrogens is 394 g/mol. The number of primary amides is 1. The van der Waals surface area contributed by atoms with Crippen LogP contribution >= 0.6 is 11.6 Å². The summed E-state index contributed by atoms with van der Waals surface area (Å²) in [6.07, 6.45) is 3.07. The summed E-state index contributed by atoms with van der Waals surface area (Å²) in [5.74, 6) is 0.709. The molecule has 4 N–H and O–H groups in total. The van der Waals surface area contributed by atoms with Crippen LogP contribution in [0.25, 0.3) is 6.08 Å². The van der Waals surface area contributed by atoms with Crippen LogP contribution in [0.2, 0.25) is 5.02 Å². The molecule has 0 fully saturated rings. The van der Waals surface area contributed by atoms with Crippen LogP contribution in [-0.4, -0.2) is 25.7 Å². The monoisotopic (exact) mass is 417 g/mol. The van der Waals surface area contributed by atoms with E-state index in [2.05, 4.69) is 10.6 Å². The van der Waals surface area contributed by atoms with E-state index in [0.29, 0.717) is 34.4 Å². The molecule has 154 valence electrons. The Kier molecular flexibility index (Phi) is 7.91. The van der Waals surface area contributed by atoms with E-state index >= 15 is 0 Å². The van der Waals surface area contributed by atoms with Crippen LogP contribution in [0.4, 0.5) is 10.5 Å². The molecule has 3 amide bonds. The summed E-state index contributed by atoms with van der Waals surface area (Å²) in [7, 11) is 1.52. The first-order valence-corrected chi connectivity index (χ1v) is 9.37. The van der Waals surface area contributed by atoms with E-state index in [4.69, 9.17) is 26.8 Å². The molecule has 0 bridgehead atoms. The Bertz CT molecular complexity index is 898. The van der Waals surface area contributed by atoms with Crippen LogP contribution in [-0.2, 0) is 4.79 Å². The number of carbonyl (C=O) groups excluding carboxylic acids is 2. The Morgan fingerprint density at radius 1 is 1.24 bits per heavy atom. The number of rotatable bonds is 8. The van der Waals surface area contributed by atoms with E-state index in [9.17, 15) is 9.59 Å². The maximum Gasteiger partial charge on any atom is 0.316 e. The van der Waals surface area contributed by atoms with Crippen molar-refractivity contribution in [2.75, 3.05) is 19.0 Å². The molecule has 1 atom stereocenters. The quantitative estimate of drug-likeness (QED) is 0.562. The van der Waals surface area contributed by atoms with E-state index in [1.54, 1.807) is 42.5 Å². The zero-order valence-corrected chi connectivity index (χ0v) is 17.2. The van der Waals surface area contributed by atoms with E-state index in [-0.39, 0.29) is 11.9 Å². The molecule has 0 aromatic heterocycles. The Morgan fingerprint density at radius 3 is 2.52 bits per heavy atom. The van der Waals surface area contributed by atoms with Crippen LogP contribution in [0.1, 0.15) is 31.0 Å². The maximum absolute atomic E-state index is 12.3. The summed E-state index contributed by atoms with van der Waals surface area (Å²) >= 11 is 6.22. The number of carbonyl (C=O) groups is 2. The molecule has 2 aromatic carbocycles. The lowest BCUT2D eigenvalue weighted by molar-refractivity contribution is -0.117. The summed E-state index contributed by atoms with van der Waals surface area (Å²) in [5.41, 5.74) is 7.26. The summed E-state index contributed by atoms with van der Waals surface area (Å²) in [6, 6.07) is 9.63. The SMILES string of the molecule is CCOc1cc(C=CC(=O)NC(C)c2ccc(NC(N)=O)cc2)cc(Cl)c1OC. The van der Waals surface area contributed by atoms with Crippen LogP contribution in [0.5, 0.6) is 11.5 Å². The largest absolute Gasteiger partial charge is 0.491 e. The summed E-state index contributed by atoms with van der Waals surface area (Å²) < 4.78 is 10.8. The lowest BCUT2D eigenvalue weighted by Gasteiger charge is -2.14. The second-order valence-corrected chi connectivity index (χ2v) is 6.55. The molecule has 7 nitrogen and oxygen atoms in total. The smallest absolute Gasteiger partial charge is 0.316 e. The third kappa shape index (κ3) is 6.43. The third-order valence-corrected chi connectivity index (χ3v) is 4.28. The number of halogens is 1. The fraction of sp³-hybridized carbons (Fsp3) is 0.238. The summed E-state index contributed by atoms with van der Waals surface area (Å²) in [4.78, 5) is 23.1. The number of hydrogen-bond acceptors (Lipinski definition) is 4. The Labute approximate surface area is 174 Å². The average molecular weight is 418 g/mol. The van der Waals surface area contributed by atoms with Crippen molar-refractivity contribution in [3.63, 3.8) is 0 Å². The second-order valence-electron chi connectivity index (χ2n) is 6.14. The van der Waals surface area contributed by atoms with Crippen LogP contribution in [0.15, 0.2) is 42.5 Å². The Balaban J connectivity index is 2.04. The highest BCUT2D eigenvalue weighted by molar-refractivity contribution is 6.32. The number of benzene rings is 2. The first-order valence-electron chi connectivity index (χ1n) is 8.99. The van der Waals surface area contributed by atoms with Gasteiger partial charge in [0.15, 0.2) is 11.5 Å². The molecule has 0 radical (unpaired) electrons. The molecule has 29 heavy (non-hydrogen) atoms. The molecule has 0 heterocycles. The zero-order valence-electron chi connectivity index (χ0n) is 16.5. The topological polar surface area (TPSA) is 103 Å². The van der Waals surface area contributed by atoms with Crippen molar-refractivity contribution in [3.8, 4) is 11.5 Å².